The summed E-state index contributed by atoms with van der Waals surface area (Å²) in [4.78, 5) is 0. The fourth-order valence-electron chi connectivity index (χ4n) is 1.75. The molecule has 1 aromatic carbocycles. The molecule has 6 nitrogen and oxygen atoms in total. The normalized spacial score (nSPS) is 10.4. The van der Waals surface area contributed by atoms with Crippen LogP contribution in [0.1, 0.15) is 5.56 Å². The van der Waals surface area contributed by atoms with Gasteiger partial charge < -0.3 is 18.9 Å². The number of anilines is 1. The van der Waals surface area contributed by atoms with Crippen molar-refractivity contribution in [2.24, 2.45) is 0 Å². The summed E-state index contributed by atoms with van der Waals surface area (Å²) in [7, 11) is 1.64. The topological polar surface area (TPSA) is 73.3 Å². The van der Waals surface area contributed by atoms with Gasteiger partial charge in [0.05, 0.1) is 13.4 Å². The molecule has 2 aromatic heterocycles. The molecule has 0 atom stereocenters. The zero-order valence-electron chi connectivity index (χ0n) is 10.9. The average molecular weight is 271 g/mol. The Morgan fingerprint density at radius 3 is 2.95 bits per heavy atom. The molecule has 0 aliphatic carbocycles. The van der Waals surface area contributed by atoms with Crippen LogP contribution in [0.4, 0.5) is 6.01 Å². The van der Waals surface area contributed by atoms with E-state index in [1.165, 1.54) is 0 Å². The number of hydrogen-bond donors (Lipinski definition) is 1. The van der Waals surface area contributed by atoms with Crippen LogP contribution in [0.2, 0.25) is 0 Å². The van der Waals surface area contributed by atoms with Gasteiger partial charge in [-0.3, -0.25) is 0 Å². The Balaban J connectivity index is 1.66. The third-order valence-electron chi connectivity index (χ3n) is 2.73. The minimum atomic E-state index is 0.346. The van der Waals surface area contributed by atoms with Crippen LogP contribution in [0.15, 0.2) is 51.5 Å². The minimum absolute atomic E-state index is 0.346. The van der Waals surface area contributed by atoms with Crippen LogP contribution in [-0.4, -0.2) is 17.3 Å². The van der Waals surface area contributed by atoms with Gasteiger partial charge >= 0.3 is 6.01 Å². The number of rotatable bonds is 5. The van der Waals surface area contributed by atoms with Crippen molar-refractivity contribution in [2.45, 2.75) is 6.54 Å². The quantitative estimate of drug-likeness (QED) is 0.769. The fraction of sp³-hybridized carbons (Fsp3) is 0.143. The second-order valence-corrected chi connectivity index (χ2v) is 4.09. The molecule has 6 heteroatoms. The van der Waals surface area contributed by atoms with E-state index in [0.29, 0.717) is 24.2 Å². The number of hydrogen-bond acceptors (Lipinski definition) is 6. The van der Waals surface area contributed by atoms with Gasteiger partial charge in [0.25, 0.3) is 5.89 Å². The summed E-state index contributed by atoms with van der Waals surface area (Å²) in [5.41, 5.74) is 1.06. The van der Waals surface area contributed by atoms with Crippen molar-refractivity contribution >= 4 is 6.01 Å². The molecule has 3 aromatic rings. The molecule has 0 saturated carbocycles. The van der Waals surface area contributed by atoms with Gasteiger partial charge in [-0.05, 0) is 29.8 Å². The maximum Gasteiger partial charge on any atom is 0.316 e. The van der Waals surface area contributed by atoms with Gasteiger partial charge in [0.15, 0.2) is 5.76 Å². The Morgan fingerprint density at radius 1 is 1.20 bits per heavy atom. The molecule has 0 unspecified atom stereocenters. The van der Waals surface area contributed by atoms with E-state index in [4.69, 9.17) is 13.6 Å². The van der Waals surface area contributed by atoms with Crippen LogP contribution in [-0.2, 0) is 6.54 Å². The van der Waals surface area contributed by atoms with E-state index in [9.17, 15) is 0 Å². The second kappa shape index (κ2) is 5.48. The highest BCUT2D eigenvalue weighted by atomic mass is 16.5. The highest BCUT2D eigenvalue weighted by molar-refractivity contribution is 5.44. The first-order valence-corrected chi connectivity index (χ1v) is 6.09. The largest absolute Gasteiger partial charge is 0.497 e. The van der Waals surface area contributed by atoms with E-state index in [1.54, 1.807) is 25.5 Å². The maximum absolute atomic E-state index is 5.45. The molecule has 0 fully saturated rings. The van der Waals surface area contributed by atoms with Gasteiger partial charge in [-0.15, -0.1) is 5.10 Å². The average Bonchev–Trinajstić information content (AvgIpc) is 3.16. The molecule has 0 saturated heterocycles. The smallest absolute Gasteiger partial charge is 0.316 e. The summed E-state index contributed by atoms with van der Waals surface area (Å²) in [6, 6.07) is 11.6. The van der Waals surface area contributed by atoms with Crippen molar-refractivity contribution in [3.05, 3.63) is 48.2 Å². The van der Waals surface area contributed by atoms with Gasteiger partial charge in [0.2, 0.25) is 0 Å². The summed E-state index contributed by atoms with van der Waals surface area (Å²) in [5.74, 6) is 1.71. The molecule has 3 rings (SSSR count). The van der Waals surface area contributed by atoms with Crippen LogP contribution in [0.3, 0.4) is 0 Å². The third kappa shape index (κ3) is 2.64. The number of aromatic nitrogens is 2. The van der Waals surface area contributed by atoms with Gasteiger partial charge in [-0.2, -0.15) is 0 Å². The number of methoxy groups -OCH3 is 1. The van der Waals surface area contributed by atoms with E-state index in [0.717, 1.165) is 11.3 Å². The Morgan fingerprint density at radius 2 is 2.15 bits per heavy atom. The van der Waals surface area contributed by atoms with E-state index in [-0.39, 0.29) is 0 Å². The van der Waals surface area contributed by atoms with Crippen LogP contribution >= 0.6 is 0 Å². The molecule has 1 N–H and O–H groups in total. The third-order valence-corrected chi connectivity index (χ3v) is 2.73. The zero-order chi connectivity index (χ0) is 13.8. The molecular formula is C14H13N3O3. The molecule has 102 valence electrons. The summed E-state index contributed by atoms with van der Waals surface area (Å²) in [6.45, 7) is 0.566. The Hall–Kier alpha value is -2.76. The molecule has 0 aliphatic rings. The lowest BCUT2D eigenvalue weighted by Gasteiger charge is -2.04. The highest BCUT2D eigenvalue weighted by Crippen LogP contribution is 2.20. The Labute approximate surface area is 115 Å². The maximum atomic E-state index is 5.45. The number of benzene rings is 1. The molecule has 0 amide bonds. The zero-order valence-corrected chi connectivity index (χ0v) is 10.9. The Kier molecular flexibility index (Phi) is 3.36. The lowest BCUT2D eigenvalue weighted by Crippen LogP contribution is -1.99. The molecule has 0 bridgehead atoms. The lowest BCUT2D eigenvalue weighted by molar-refractivity contribution is 0.414. The summed E-state index contributed by atoms with van der Waals surface area (Å²) in [6.07, 6.45) is 1.56. The van der Waals surface area contributed by atoms with Crippen LogP contribution in [0, 0.1) is 0 Å². The van der Waals surface area contributed by atoms with E-state index >= 15 is 0 Å². The van der Waals surface area contributed by atoms with Crippen LogP contribution < -0.4 is 10.1 Å². The van der Waals surface area contributed by atoms with Crippen molar-refractivity contribution in [3.63, 3.8) is 0 Å². The second-order valence-electron chi connectivity index (χ2n) is 4.09. The van der Waals surface area contributed by atoms with E-state index < -0.39 is 0 Å². The first kappa shape index (κ1) is 12.3. The van der Waals surface area contributed by atoms with Crippen LogP contribution in [0.25, 0.3) is 11.7 Å². The number of furan rings is 1. The molecule has 2 heterocycles. The predicted molar refractivity (Wildman–Crippen MR) is 72.3 cm³/mol. The number of ether oxygens (including phenoxy) is 1. The van der Waals surface area contributed by atoms with Gasteiger partial charge in [0.1, 0.15) is 5.75 Å². The van der Waals surface area contributed by atoms with Crippen LogP contribution in [0.5, 0.6) is 5.75 Å². The van der Waals surface area contributed by atoms with Crippen molar-refractivity contribution < 1.29 is 13.6 Å². The van der Waals surface area contributed by atoms with Gasteiger partial charge in [-0.1, -0.05) is 17.2 Å². The number of nitrogens with zero attached hydrogens (tertiary/aromatic N) is 2. The molecule has 0 radical (unpaired) electrons. The van der Waals surface area contributed by atoms with Gasteiger partial charge in [-0.25, -0.2) is 0 Å². The fourth-order valence-corrected chi connectivity index (χ4v) is 1.75. The summed E-state index contributed by atoms with van der Waals surface area (Å²) < 4.78 is 15.8. The van der Waals surface area contributed by atoms with Crippen molar-refractivity contribution in [2.75, 3.05) is 12.4 Å². The highest BCUT2D eigenvalue weighted by Gasteiger charge is 2.10. The summed E-state index contributed by atoms with van der Waals surface area (Å²) >= 11 is 0. The first-order chi connectivity index (χ1) is 9.85. The van der Waals surface area contributed by atoms with Gasteiger partial charge in [0, 0.05) is 6.54 Å². The number of nitrogens with one attached hydrogen (secondary N) is 1. The van der Waals surface area contributed by atoms with E-state index in [2.05, 4.69) is 15.5 Å². The monoisotopic (exact) mass is 271 g/mol. The standard InChI is InChI=1S/C14H13N3O3/c1-18-11-5-2-4-10(8-11)9-15-14-17-16-13(20-14)12-6-3-7-19-12/h2-8H,9H2,1H3,(H,15,17). The molecule has 0 aliphatic heterocycles. The predicted octanol–water partition coefficient (Wildman–Crippen LogP) is 2.95. The van der Waals surface area contributed by atoms with Crippen molar-refractivity contribution in [1.29, 1.82) is 0 Å². The van der Waals surface area contributed by atoms with Crippen molar-refractivity contribution in [3.8, 4) is 17.4 Å². The van der Waals surface area contributed by atoms with E-state index in [1.807, 2.05) is 24.3 Å². The molecular weight excluding hydrogens is 258 g/mol. The summed E-state index contributed by atoms with van der Waals surface area (Å²) in [5, 5.41) is 10.9. The molecule has 20 heavy (non-hydrogen) atoms. The lowest BCUT2D eigenvalue weighted by atomic mass is 10.2. The van der Waals surface area contributed by atoms with Crippen molar-refractivity contribution in [1.82, 2.24) is 10.2 Å². The first-order valence-electron chi connectivity index (χ1n) is 6.09. The molecule has 0 spiro atoms. The minimum Gasteiger partial charge on any atom is -0.497 e. The SMILES string of the molecule is COc1cccc(CNc2nnc(-c3ccco3)o2)c1. The Bertz CT molecular complexity index is 677.